The molecule has 1 rings (SSSR count). The average Bonchev–Trinajstić information content (AvgIpc) is 2.76. The Morgan fingerprint density at radius 1 is 1.47 bits per heavy atom. The van der Waals surface area contributed by atoms with E-state index in [1.54, 1.807) is 14.0 Å². The van der Waals surface area contributed by atoms with Crippen LogP contribution in [-0.2, 0) is 4.79 Å². The standard InChI is InChI=1S/C13H20N2O3S/c1-5-6-7-8(2)11(16)15(4)12-10(13(17)18)9(3)14-19-12/h8H,5-7H2,1-4H3,(H,17,18). The maximum Gasteiger partial charge on any atom is 0.340 e. The minimum Gasteiger partial charge on any atom is -0.478 e. The van der Waals surface area contributed by atoms with Gasteiger partial charge in [0, 0.05) is 13.0 Å². The van der Waals surface area contributed by atoms with Crippen LogP contribution < -0.4 is 4.90 Å². The Labute approximate surface area is 117 Å². The van der Waals surface area contributed by atoms with Gasteiger partial charge in [0.1, 0.15) is 10.6 Å². The van der Waals surface area contributed by atoms with Crippen LogP contribution in [0.15, 0.2) is 0 Å². The topological polar surface area (TPSA) is 70.5 Å². The molecule has 19 heavy (non-hydrogen) atoms. The molecule has 0 aliphatic rings. The first-order valence-electron chi connectivity index (χ1n) is 6.37. The van der Waals surface area contributed by atoms with E-state index in [0.29, 0.717) is 10.7 Å². The minimum atomic E-state index is -1.04. The fourth-order valence-corrected chi connectivity index (χ4v) is 2.75. The van der Waals surface area contributed by atoms with Crippen LogP contribution in [0.3, 0.4) is 0 Å². The summed E-state index contributed by atoms with van der Waals surface area (Å²) in [6, 6.07) is 0. The predicted octanol–water partition coefficient (Wildman–Crippen LogP) is 2.94. The summed E-state index contributed by atoms with van der Waals surface area (Å²) in [5.74, 6) is -1.20. The van der Waals surface area contributed by atoms with Gasteiger partial charge in [0.2, 0.25) is 5.91 Å². The number of rotatable bonds is 6. The van der Waals surface area contributed by atoms with E-state index in [2.05, 4.69) is 11.3 Å². The van der Waals surface area contributed by atoms with Crippen molar-refractivity contribution >= 4 is 28.4 Å². The van der Waals surface area contributed by atoms with Crippen molar-refractivity contribution in [3.8, 4) is 0 Å². The van der Waals surface area contributed by atoms with Crippen molar-refractivity contribution in [1.82, 2.24) is 4.37 Å². The molecule has 1 heterocycles. The zero-order chi connectivity index (χ0) is 14.6. The Kier molecular flexibility index (Phi) is 5.47. The maximum atomic E-state index is 12.2. The van der Waals surface area contributed by atoms with Crippen LogP contribution in [0.25, 0.3) is 0 Å². The molecule has 5 nitrogen and oxygen atoms in total. The monoisotopic (exact) mass is 284 g/mol. The summed E-state index contributed by atoms with van der Waals surface area (Å²) < 4.78 is 4.03. The average molecular weight is 284 g/mol. The Morgan fingerprint density at radius 2 is 2.11 bits per heavy atom. The molecule has 1 N–H and O–H groups in total. The van der Waals surface area contributed by atoms with Gasteiger partial charge in [0.25, 0.3) is 0 Å². The number of unbranched alkanes of at least 4 members (excludes halogenated alkanes) is 1. The second kappa shape index (κ2) is 6.65. The van der Waals surface area contributed by atoms with E-state index in [4.69, 9.17) is 0 Å². The van der Waals surface area contributed by atoms with Gasteiger partial charge in [-0.2, -0.15) is 4.37 Å². The number of carbonyl (C=O) groups is 2. The second-order valence-corrected chi connectivity index (χ2v) is 5.45. The third-order valence-corrected chi connectivity index (χ3v) is 4.12. The van der Waals surface area contributed by atoms with Gasteiger partial charge in [-0.3, -0.25) is 4.79 Å². The van der Waals surface area contributed by atoms with Gasteiger partial charge >= 0.3 is 5.97 Å². The Balaban J connectivity index is 2.91. The van der Waals surface area contributed by atoms with Crippen LogP contribution in [0.4, 0.5) is 5.00 Å². The van der Waals surface area contributed by atoms with Gasteiger partial charge in [0.15, 0.2) is 0 Å². The number of carbonyl (C=O) groups excluding carboxylic acids is 1. The van der Waals surface area contributed by atoms with E-state index in [-0.39, 0.29) is 17.4 Å². The first-order chi connectivity index (χ1) is 8.90. The number of aromatic nitrogens is 1. The fourth-order valence-electron chi connectivity index (χ4n) is 1.90. The summed E-state index contributed by atoms with van der Waals surface area (Å²) >= 11 is 1.06. The molecule has 1 atom stereocenters. The lowest BCUT2D eigenvalue weighted by Crippen LogP contribution is -2.32. The van der Waals surface area contributed by atoms with E-state index in [9.17, 15) is 14.7 Å². The molecule has 0 fully saturated rings. The van der Waals surface area contributed by atoms with Crippen molar-refractivity contribution in [3.05, 3.63) is 11.3 Å². The number of nitrogens with zero attached hydrogens (tertiary/aromatic N) is 2. The van der Waals surface area contributed by atoms with Crippen molar-refractivity contribution in [2.75, 3.05) is 11.9 Å². The molecule has 0 saturated carbocycles. The summed E-state index contributed by atoms with van der Waals surface area (Å²) in [7, 11) is 1.62. The molecule has 1 unspecified atom stereocenters. The summed E-state index contributed by atoms with van der Waals surface area (Å²) in [6.07, 6.45) is 2.86. The molecule has 0 saturated heterocycles. The molecule has 0 bridgehead atoms. The van der Waals surface area contributed by atoms with Gasteiger partial charge in [-0.1, -0.05) is 26.7 Å². The summed E-state index contributed by atoms with van der Waals surface area (Å²) in [5.41, 5.74) is 0.580. The van der Waals surface area contributed by atoms with Crippen molar-refractivity contribution in [2.24, 2.45) is 5.92 Å². The fraction of sp³-hybridized carbons (Fsp3) is 0.615. The maximum absolute atomic E-state index is 12.2. The molecule has 0 aromatic carbocycles. The number of carboxylic acid groups (broad SMARTS) is 1. The zero-order valence-electron chi connectivity index (χ0n) is 11.8. The van der Waals surface area contributed by atoms with Crippen molar-refractivity contribution in [2.45, 2.75) is 40.0 Å². The molecule has 0 aliphatic carbocycles. The molecule has 1 aromatic heterocycles. The summed E-state index contributed by atoms with van der Waals surface area (Å²) in [5, 5.41) is 9.59. The third-order valence-electron chi connectivity index (χ3n) is 3.11. The van der Waals surface area contributed by atoms with E-state index in [1.807, 2.05) is 6.92 Å². The van der Waals surface area contributed by atoms with E-state index >= 15 is 0 Å². The molecule has 0 spiro atoms. The highest BCUT2D eigenvalue weighted by atomic mass is 32.1. The Bertz CT molecular complexity index is 470. The number of aromatic carboxylic acids is 1. The lowest BCUT2D eigenvalue weighted by Gasteiger charge is -2.20. The number of amides is 1. The highest BCUT2D eigenvalue weighted by Crippen LogP contribution is 2.29. The molecule has 1 amide bonds. The van der Waals surface area contributed by atoms with Crippen molar-refractivity contribution < 1.29 is 14.7 Å². The van der Waals surface area contributed by atoms with Crippen LogP contribution in [0.5, 0.6) is 0 Å². The van der Waals surface area contributed by atoms with Gasteiger partial charge in [0.05, 0.1) is 5.69 Å². The van der Waals surface area contributed by atoms with Gasteiger partial charge in [-0.05, 0) is 24.9 Å². The Morgan fingerprint density at radius 3 is 2.63 bits per heavy atom. The lowest BCUT2D eigenvalue weighted by atomic mass is 10.0. The summed E-state index contributed by atoms with van der Waals surface area (Å²) in [4.78, 5) is 24.9. The van der Waals surface area contributed by atoms with Gasteiger partial charge in [-0.15, -0.1) is 0 Å². The van der Waals surface area contributed by atoms with Crippen LogP contribution in [0, 0.1) is 12.8 Å². The lowest BCUT2D eigenvalue weighted by molar-refractivity contribution is -0.121. The number of hydrogen-bond acceptors (Lipinski definition) is 4. The molecule has 106 valence electrons. The highest BCUT2D eigenvalue weighted by Gasteiger charge is 2.26. The van der Waals surface area contributed by atoms with Crippen LogP contribution in [-0.4, -0.2) is 28.4 Å². The second-order valence-electron chi connectivity index (χ2n) is 4.69. The SMILES string of the molecule is CCCCC(C)C(=O)N(C)c1snc(C)c1C(=O)O. The molecule has 1 aromatic rings. The first kappa shape index (κ1) is 15.6. The normalized spacial score (nSPS) is 12.2. The molecule has 0 aliphatic heterocycles. The van der Waals surface area contributed by atoms with Crippen LogP contribution in [0.1, 0.15) is 49.2 Å². The predicted molar refractivity (Wildman–Crippen MR) is 75.9 cm³/mol. The van der Waals surface area contributed by atoms with E-state index in [1.165, 1.54) is 4.90 Å². The molecule has 6 heteroatoms. The van der Waals surface area contributed by atoms with Crippen molar-refractivity contribution in [3.63, 3.8) is 0 Å². The smallest absolute Gasteiger partial charge is 0.340 e. The van der Waals surface area contributed by atoms with E-state index in [0.717, 1.165) is 30.8 Å². The zero-order valence-corrected chi connectivity index (χ0v) is 12.6. The first-order valence-corrected chi connectivity index (χ1v) is 7.14. The summed E-state index contributed by atoms with van der Waals surface area (Å²) in [6.45, 7) is 5.60. The number of anilines is 1. The molecular weight excluding hydrogens is 264 g/mol. The van der Waals surface area contributed by atoms with E-state index < -0.39 is 5.97 Å². The largest absolute Gasteiger partial charge is 0.478 e. The Hall–Kier alpha value is -1.43. The van der Waals surface area contributed by atoms with Crippen LogP contribution >= 0.6 is 11.5 Å². The molecular formula is C13H20N2O3S. The third kappa shape index (κ3) is 3.53. The highest BCUT2D eigenvalue weighted by molar-refractivity contribution is 7.11. The number of carboxylic acids is 1. The van der Waals surface area contributed by atoms with Crippen molar-refractivity contribution in [1.29, 1.82) is 0 Å². The number of aryl methyl sites for hydroxylation is 1. The van der Waals surface area contributed by atoms with Gasteiger partial charge in [-0.25, -0.2) is 4.79 Å². The van der Waals surface area contributed by atoms with Gasteiger partial charge < -0.3 is 10.0 Å². The van der Waals surface area contributed by atoms with Crippen LogP contribution in [0.2, 0.25) is 0 Å². The molecule has 0 radical (unpaired) electrons. The quantitative estimate of drug-likeness (QED) is 0.872. The minimum absolute atomic E-state index is 0.0559. The number of hydrogen-bond donors (Lipinski definition) is 1.